The molecule has 0 aromatic carbocycles. The minimum Gasteiger partial charge on any atom is -0.480 e. The summed E-state index contributed by atoms with van der Waals surface area (Å²) >= 11 is 1.34. The molecule has 1 heterocycles. The third-order valence-electron chi connectivity index (χ3n) is 3.72. The minimum absolute atomic E-state index is 0.180. The van der Waals surface area contributed by atoms with E-state index in [0.29, 0.717) is 23.4 Å². The van der Waals surface area contributed by atoms with Crippen LogP contribution in [-0.4, -0.2) is 28.9 Å². The Labute approximate surface area is 140 Å². The van der Waals surface area contributed by atoms with Gasteiger partial charge in [0.15, 0.2) is 0 Å². The van der Waals surface area contributed by atoms with E-state index in [2.05, 4.69) is 10.6 Å². The van der Waals surface area contributed by atoms with Crippen molar-refractivity contribution in [1.82, 2.24) is 5.32 Å². The summed E-state index contributed by atoms with van der Waals surface area (Å²) in [4.78, 5) is 36.4. The van der Waals surface area contributed by atoms with Crippen molar-refractivity contribution in [2.45, 2.75) is 53.0 Å². The highest BCUT2D eigenvalue weighted by molar-refractivity contribution is 7.16. The van der Waals surface area contributed by atoms with Crippen LogP contribution in [0.1, 0.15) is 55.8 Å². The molecular formula is C16H24N2O4S. The van der Waals surface area contributed by atoms with Crippen LogP contribution in [0, 0.1) is 5.92 Å². The largest absolute Gasteiger partial charge is 0.480 e. The van der Waals surface area contributed by atoms with Gasteiger partial charge in [0.05, 0.1) is 5.56 Å². The number of carboxylic acids is 1. The lowest BCUT2D eigenvalue weighted by molar-refractivity contribution is -0.140. The lowest BCUT2D eigenvalue weighted by Gasteiger charge is -2.20. The average molecular weight is 340 g/mol. The van der Waals surface area contributed by atoms with Crippen LogP contribution in [0.3, 0.4) is 0 Å². The molecule has 2 amide bonds. The third kappa shape index (κ3) is 5.06. The number of anilines is 1. The summed E-state index contributed by atoms with van der Waals surface area (Å²) < 4.78 is 0. The molecule has 7 heteroatoms. The van der Waals surface area contributed by atoms with E-state index in [4.69, 9.17) is 0 Å². The Morgan fingerprint density at radius 2 is 1.91 bits per heavy atom. The summed E-state index contributed by atoms with van der Waals surface area (Å²) in [6.45, 7) is 7.34. The summed E-state index contributed by atoms with van der Waals surface area (Å²) in [7, 11) is 0. The van der Waals surface area contributed by atoms with Crippen molar-refractivity contribution in [3.8, 4) is 0 Å². The second-order valence-corrected chi connectivity index (χ2v) is 6.52. The highest BCUT2D eigenvalue weighted by atomic mass is 32.1. The number of amides is 2. The van der Waals surface area contributed by atoms with Crippen LogP contribution in [0.25, 0.3) is 0 Å². The molecule has 0 saturated carbocycles. The van der Waals surface area contributed by atoms with Gasteiger partial charge in [-0.1, -0.05) is 34.1 Å². The molecule has 0 aliphatic rings. The van der Waals surface area contributed by atoms with Crippen LogP contribution in [0.5, 0.6) is 0 Å². The fraction of sp³-hybridized carbons (Fsp3) is 0.562. The lowest BCUT2D eigenvalue weighted by atomic mass is 9.99. The van der Waals surface area contributed by atoms with E-state index in [0.717, 1.165) is 11.3 Å². The Kier molecular flexibility index (Phi) is 7.22. The summed E-state index contributed by atoms with van der Waals surface area (Å²) in [5, 5.41) is 15.0. The maximum Gasteiger partial charge on any atom is 0.326 e. The molecule has 1 aromatic rings. The first-order valence-corrected chi connectivity index (χ1v) is 8.61. The Morgan fingerprint density at radius 3 is 2.39 bits per heavy atom. The topological polar surface area (TPSA) is 95.5 Å². The van der Waals surface area contributed by atoms with Crippen LogP contribution in [0.4, 0.5) is 5.00 Å². The van der Waals surface area contributed by atoms with Crippen molar-refractivity contribution in [2.24, 2.45) is 5.92 Å². The molecule has 0 bridgehead atoms. The zero-order valence-corrected chi connectivity index (χ0v) is 14.8. The van der Waals surface area contributed by atoms with Crippen molar-refractivity contribution in [3.05, 3.63) is 16.5 Å². The molecule has 0 saturated heterocycles. The third-order valence-corrected chi connectivity index (χ3v) is 4.91. The average Bonchev–Trinajstić information content (AvgIpc) is 2.94. The first-order valence-electron chi connectivity index (χ1n) is 7.80. The highest BCUT2D eigenvalue weighted by Gasteiger charge is 2.27. The van der Waals surface area contributed by atoms with Gasteiger partial charge in [0, 0.05) is 11.3 Å². The predicted molar refractivity (Wildman–Crippen MR) is 91.0 cm³/mol. The summed E-state index contributed by atoms with van der Waals surface area (Å²) in [5.74, 6) is -1.90. The van der Waals surface area contributed by atoms with Crippen LogP contribution < -0.4 is 10.6 Å². The zero-order chi connectivity index (χ0) is 17.6. The molecule has 1 aromatic heterocycles. The Balaban J connectivity index is 3.03. The standard InChI is InChI=1S/C16H24N2O4S/c1-5-9(4)13(16(21)22)18-14(20)11-8-10(6-2)23-15(11)17-12(19)7-3/h8-9,13H,5-7H2,1-4H3,(H,17,19)(H,18,20)(H,21,22). The fourth-order valence-corrected chi connectivity index (χ4v) is 3.00. The number of aliphatic carboxylic acids is 1. The number of carbonyl (C=O) groups excluding carboxylic acids is 2. The molecule has 2 unspecified atom stereocenters. The van der Waals surface area contributed by atoms with Crippen molar-refractivity contribution < 1.29 is 19.5 Å². The van der Waals surface area contributed by atoms with Gasteiger partial charge in [-0.15, -0.1) is 11.3 Å². The first kappa shape index (κ1) is 19.2. The second-order valence-electron chi connectivity index (χ2n) is 5.39. The quantitative estimate of drug-likeness (QED) is 0.678. The van der Waals surface area contributed by atoms with Gasteiger partial charge in [-0.25, -0.2) is 4.79 Å². The monoisotopic (exact) mass is 340 g/mol. The van der Waals surface area contributed by atoms with E-state index >= 15 is 0 Å². The number of nitrogens with one attached hydrogen (secondary N) is 2. The van der Waals surface area contributed by atoms with Crippen LogP contribution in [0.15, 0.2) is 6.07 Å². The van der Waals surface area contributed by atoms with Crippen molar-refractivity contribution >= 4 is 34.1 Å². The van der Waals surface area contributed by atoms with Gasteiger partial charge in [0.2, 0.25) is 5.91 Å². The molecule has 0 aliphatic carbocycles. The smallest absolute Gasteiger partial charge is 0.326 e. The van der Waals surface area contributed by atoms with Gasteiger partial charge in [0.1, 0.15) is 11.0 Å². The van der Waals surface area contributed by atoms with Crippen molar-refractivity contribution in [1.29, 1.82) is 0 Å². The van der Waals surface area contributed by atoms with Gasteiger partial charge in [-0.2, -0.15) is 0 Å². The molecule has 0 spiro atoms. The summed E-state index contributed by atoms with van der Waals surface area (Å²) in [5.41, 5.74) is 0.322. The Bertz CT molecular complexity index is 583. The minimum atomic E-state index is -1.06. The molecule has 23 heavy (non-hydrogen) atoms. The zero-order valence-electron chi connectivity index (χ0n) is 13.9. The number of carboxylic acid groups (broad SMARTS) is 1. The SMILES string of the molecule is CCC(=O)Nc1sc(CC)cc1C(=O)NC(C(=O)O)C(C)CC. The molecule has 1 rings (SSSR count). The molecule has 0 radical (unpaired) electrons. The number of rotatable bonds is 8. The van der Waals surface area contributed by atoms with Crippen LogP contribution >= 0.6 is 11.3 Å². The Morgan fingerprint density at radius 1 is 1.26 bits per heavy atom. The molecule has 128 valence electrons. The van der Waals surface area contributed by atoms with Gasteiger partial charge < -0.3 is 15.7 Å². The number of hydrogen-bond donors (Lipinski definition) is 3. The summed E-state index contributed by atoms with van der Waals surface area (Å²) in [6, 6.07) is 0.757. The predicted octanol–water partition coefficient (Wildman–Crippen LogP) is 2.89. The van der Waals surface area contributed by atoms with E-state index in [1.165, 1.54) is 11.3 Å². The number of hydrogen-bond acceptors (Lipinski definition) is 4. The summed E-state index contributed by atoms with van der Waals surface area (Å²) in [6.07, 6.45) is 1.69. The van der Waals surface area contributed by atoms with E-state index in [9.17, 15) is 19.5 Å². The van der Waals surface area contributed by atoms with Crippen LogP contribution in [-0.2, 0) is 16.0 Å². The number of carbonyl (C=O) groups is 3. The molecule has 0 fully saturated rings. The normalized spacial score (nSPS) is 13.2. The number of thiophene rings is 1. The maximum atomic E-state index is 12.5. The first-order chi connectivity index (χ1) is 10.8. The lowest BCUT2D eigenvalue weighted by Crippen LogP contribution is -2.45. The van der Waals surface area contributed by atoms with Crippen LogP contribution in [0.2, 0.25) is 0 Å². The number of aryl methyl sites for hydroxylation is 1. The van der Waals surface area contributed by atoms with Crippen molar-refractivity contribution in [3.63, 3.8) is 0 Å². The van der Waals surface area contributed by atoms with Gasteiger partial charge in [-0.3, -0.25) is 9.59 Å². The van der Waals surface area contributed by atoms with E-state index < -0.39 is 17.9 Å². The van der Waals surface area contributed by atoms with Crippen molar-refractivity contribution in [2.75, 3.05) is 5.32 Å². The molecule has 0 aliphatic heterocycles. The Hall–Kier alpha value is -1.89. The fourth-order valence-electron chi connectivity index (χ4n) is 1.99. The maximum absolute atomic E-state index is 12.5. The molecular weight excluding hydrogens is 316 g/mol. The molecule has 2 atom stereocenters. The van der Waals surface area contributed by atoms with E-state index in [1.54, 1.807) is 19.9 Å². The molecule has 3 N–H and O–H groups in total. The van der Waals surface area contributed by atoms with Gasteiger partial charge in [-0.05, 0) is 18.4 Å². The van der Waals surface area contributed by atoms with E-state index in [1.807, 2.05) is 13.8 Å². The van der Waals surface area contributed by atoms with Gasteiger partial charge >= 0.3 is 5.97 Å². The highest BCUT2D eigenvalue weighted by Crippen LogP contribution is 2.29. The second kappa shape index (κ2) is 8.67. The molecule has 6 nitrogen and oxygen atoms in total. The van der Waals surface area contributed by atoms with Gasteiger partial charge in [0.25, 0.3) is 5.91 Å². The van der Waals surface area contributed by atoms with E-state index in [-0.39, 0.29) is 11.8 Å².